The molecule has 0 radical (unpaired) electrons. The molecule has 2 N–H and O–H groups in total. The van der Waals surface area contributed by atoms with Gasteiger partial charge in [0.15, 0.2) is 0 Å². The van der Waals surface area contributed by atoms with Gasteiger partial charge in [0.2, 0.25) is 5.91 Å². The van der Waals surface area contributed by atoms with Gasteiger partial charge in [-0.1, -0.05) is 25.1 Å². The summed E-state index contributed by atoms with van der Waals surface area (Å²) in [7, 11) is 1.63. The van der Waals surface area contributed by atoms with Crippen LogP contribution in [0.4, 0.5) is 0 Å². The van der Waals surface area contributed by atoms with Crippen LogP contribution in [0.1, 0.15) is 18.9 Å². The van der Waals surface area contributed by atoms with Crippen molar-refractivity contribution in [2.24, 2.45) is 11.7 Å². The van der Waals surface area contributed by atoms with E-state index in [-0.39, 0.29) is 11.9 Å². The summed E-state index contributed by atoms with van der Waals surface area (Å²) < 4.78 is 5.28. The maximum absolute atomic E-state index is 12.3. The molecule has 4 heteroatoms. The number of hydrogen-bond donors (Lipinski definition) is 1. The first kappa shape index (κ1) is 13.9. The Balaban J connectivity index is 2.04. The molecule has 19 heavy (non-hydrogen) atoms. The lowest BCUT2D eigenvalue weighted by Crippen LogP contribution is -2.49. The molecule has 1 aromatic carbocycles. The highest BCUT2D eigenvalue weighted by atomic mass is 16.5. The SMILES string of the molecule is COc1ccccc1CC(=O)N1CC(C)CC(N)C1. The number of methoxy groups -OCH3 is 1. The van der Waals surface area contributed by atoms with E-state index in [9.17, 15) is 4.79 Å². The molecule has 1 fully saturated rings. The van der Waals surface area contributed by atoms with Crippen molar-refractivity contribution in [1.82, 2.24) is 4.90 Å². The van der Waals surface area contributed by atoms with Crippen molar-refractivity contribution >= 4 is 5.91 Å². The molecular formula is C15H22N2O2. The first-order valence-electron chi connectivity index (χ1n) is 6.75. The molecule has 1 aliphatic heterocycles. The normalized spacial score (nSPS) is 23.2. The second-order valence-electron chi connectivity index (χ2n) is 5.39. The Morgan fingerprint density at radius 3 is 2.84 bits per heavy atom. The van der Waals surface area contributed by atoms with E-state index in [4.69, 9.17) is 10.5 Å². The molecule has 1 amide bonds. The second-order valence-corrected chi connectivity index (χ2v) is 5.39. The quantitative estimate of drug-likeness (QED) is 0.896. The standard InChI is InChI=1S/C15H22N2O2/c1-11-7-13(16)10-17(9-11)15(18)8-12-5-3-4-6-14(12)19-2/h3-6,11,13H,7-10,16H2,1-2H3. The molecule has 104 valence electrons. The molecule has 1 saturated heterocycles. The summed E-state index contributed by atoms with van der Waals surface area (Å²) in [6.45, 7) is 3.61. The highest BCUT2D eigenvalue weighted by molar-refractivity contribution is 5.79. The fourth-order valence-electron chi connectivity index (χ4n) is 2.73. The number of piperidine rings is 1. The van der Waals surface area contributed by atoms with Crippen molar-refractivity contribution in [3.63, 3.8) is 0 Å². The van der Waals surface area contributed by atoms with Crippen molar-refractivity contribution in [2.45, 2.75) is 25.8 Å². The minimum atomic E-state index is 0.102. The van der Waals surface area contributed by atoms with Crippen LogP contribution in [-0.4, -0.2) is 37.0 Å². The highest BCUT2D eigenvalue weighted by Gasteiger charge is 2.26. The van der Waals surface area contributed by atoms with Gasteiger partial charge in [0.1, 0.15) is 5.75 Å². The van der Waals surface area contributed by atoms with Gasteiger partial charge < -0.3 is 15.4 Å². The van der Waals surface area contributed by atoms with Gasteiger partial charge in [0.05, 0.1) is 13.5 Å². The Labute approximate surface area is 114 Å². The number of carbonyl (C=O) groups is 1. The third-order valence-corrected chi connectivity index (χ3v) is 3.58. The number of carbonyl (C=O) groups excluding carboxylic acids is 1. The molecule has 0 saturated carbocycles. The Morgan fingerprint density at radius 2 is 2.16 bits per heavy atom. The minimum absolute atomic E-state index is 0.102. The van der Waals surface area contributed by atoms with Gasteiger partial charge in [-0.05, 0) is 18.4 Å². The lowest BCUT2D eigenvalue weighted by atomic mass is 9.96. The van der Waals surface area contributed by atoms with E-state index in [0.717, 1.165) is 24.3 Å². The van der Waals surface area contributed by atoms with E-state index in [0.29, 0.717) is 18.9 Å². The molecule has 2 atom stereocenters. The van der Waals surface area contributed by atoms with Crippen LogP contribution in [0.5, 0.6) is 5.75 Å². The number of para-hydroxylation sites is 1. The van der Waals surface area contributed by atoms with Crippen LogP contribution in [0.15, 0.2) is 24.3 Å². The first-order chi connectivity index (χ1) is 9.10. The Bertz CT molecular complexity index is 438. The summed E-state index contributed by atoms with van der Waals surface area (Å²) >= 11 is 0. The van der Waals surface area contributed by atoms with E-state index in [1.165, 1.54) is 0 Å². The van der Waals surface area contributed by atoms with Gasteiger partial charge >= 0.3 is 0 Å². The maximum Gasteiger partial charge on any atom is 0.227 e. The number of likely N-dealkylation sites (tertiary alicyclic amines) is 1. The van der Waals surface area contributed by atoms with Crippen molar-refractivity contribution in [1.29, 1.82) is 0 Å². The average molecular weight is 262 g/mol. The van der Waals surface area contributed by atoms with Crippen LogP contribution in [0.3, 0.4) is 0 Å². The number of ether oxygens (including phenoxy) is 1. The number of rotatable bonds is 3. The van der Waals surface area contributed by atoms with Gasteiger partial charge in [-0.15, -0.1) is 0 Å². The predicted octanol–water partition coefficient (Wildman–Crippen LogP) is 1.43. The molecule has 1 heterocycles. The zero-order chi connectivity index (χ0) is 13.8. The van der Waals surface area contributed by atoms with Crippen molar-refractivity contribution in [2.75, 3.05) is 20.2 Å². The molecule has 0 bridgehead atoms. The van der Waals surface area contributed by atoms with Crippen LogP contribution < -0.4 is 10.5 Å². The topological polar surface area (TPSA) is 55.6 Å². The van der Waals surface area contributed by atoms with E-state index in [2.05, 4.69) is 6.92 Å². The van der Waals surface area contributed by atoms with Gasteiger partial charge in [-0.2, -0.15) is 0 Å². The molecule has 4 nitrogen and oxygen atoms in total. The minimum Gasteiger partial charge on any atom is -0.496 e. The number of hydrogen-bond acceptors (Lipinski definition) is 3. The molecule has 1 aromatic rings. The van der Waals surface area contributed by atoms with E-state index >= 15 is 0 Å². The summed E-state index contributed by atoms with van der Waals surface area (Å²) in [6.07, 6.45) is 1.38. The van der Waals surface area contributed by atoms with Gasteiger partial charge in [0.25, 0.3) is 0 Å². The van der Waals surface area contributed by atoms with Crippen LogP contribution in [0.25, 0.3) is 0 Å². The number of amides is 1. The molecule has 0 aromatic heterocycles. The van der Waals surface area contributed by atoms with Crippen molar-refractivity contribution in [3.8, 4) is 5.75 Å². The third-order valence-electron chi connectivity index (χ3n) is 3.58. The zero-order valence-electron chi connectivity index (χ0n) is 11.6. The summed E-state index contributed by atoms with van der Waals surface area (Å²) in [6, 6.07) is 7.75. The Kier molecular flexibility index (Phi) is 4.43. The number of benzene rings is 1. The average Bonchev–Trinajstić information content (AvgIpc) is 2.38. The number of nitrogens with two attached hydrogens (primary N) is 1. The van der Waals surface area contributed by atoms with E-state index < -0.39 is 0 Å². The number of nitrogens with zero attached hydrogens (tertiary/aromatic N) is 1. The Morgan fingerprint density at radius 1 is 1.42 bits per heavy atom. The monoisotopic (exact) mass is 262 g/mol. The largest absolute Gasteiger partial charge is 0.496 e. The highest BCUT2D eigenvalue weighted by Crippen LogP contribution is 2.20. The fourth-order valence-corrected chi connectivity index (χ4v) is 2.73. The molecular weight excluding hydrogens is 240 g/mol. The Hall–Kier alpha value is -1.55. The van der Waals surface area contributed by atoms with Crippen LogP contribution in [-0.2, 0) is 11.2 Å². The van der Waals surface area contributed by atoms with Crippen LogP contribution in [0.2, 0.25) is 0 Å². The summed E-state index contributed by atoms with van der Waals surface area (Å²) in [5, 5.41) is 0. The zero-order valence-corrected chi connectivity index (χ0v) is 11.6. The third kappa shape index (κ3) is 3.47. The van der Waals surface area contributed by atoms with Gasteiger partial charge in [-0.25, -0.2) is 0 Å². The van der Waals surface area contributed by atoms with Crippen LogP contribution in [0, 0.1) is 5.92 Å². The summed E-state index contributed by atoms with van der Waals surface area (Å²) in [5.41, 5.74) is 6.92. The fraction of sp³-hybridized carbons (Fsp3) is 0.533. The molecule has 2 rings (SSSR count). The smallest absolute Gasteiger partial charge is 0.227 e. The van der Waals surface area contributed by atoms with Gasteiger partial charge in [0, 0.05) is 24.7 Å². The van der Waals surface area contributed by atoms with Crippen LogP contribution >= 0.6 is 0 Å². The molecule has 0 aliphatic carbocycles. The van der Waals surface area contributed by atoms with Crippen molar-refractivity contribution in [3.05, 3.63) is 29.8 Å². The van der Waals surface area contributed by atoms with E-state index in [1.807, 2.05) is 29.2 Å². The first-order valence-corrected chi connectivity index (χ1v) is 6.75. The molecule has 2 unspecified atom stereocenters. The lowest BCUT2D eigenvalue weighted by molar-refractivity contribution is -0.132. The predicted molar refractivity (Wildman–Crippen MR) is 75.0 cm³/mol. The second kappa shape index (κ2) is 6.06. The van der Waals surface area contributed by atoms with E-state index in [1.54, 1.807) is 7.11 Å². The lowest BCUT2D eigenvalue weighted by Gasteiger charge is -2.35. The maximum atomic E-state index is 12.3. The summed E-state index contributed by atoms with van der Waals surface area (Å²) in [5.74, 6) is 1.38. The van der Waals surface area contributed by atoms with Crippen molar-refractivity contribution < 1.29 is 9.53 Å². The molecule has 0 spiro atoms. The molecule has 1 aliphatic rings. The summed E-state index contributed by atoms with van der Waals surface area (Å²) in [4.78, 5) is 14.2. The van der Waals surface area contributed by atoms with Gasteiger partial charge in [-0.3, -0.25) is 4.79 Å².